The summed E-state index contributed by atoms with van der Waals surface area (Å²) >= 11 is 0. The van der Waals surface area contributed by atoms with Gasteiger partial charge in [-0.25, -0.2) is 0 Å². The molecule has 0 aliphatic carbocycles. The van der Waals surface area contributed by atoms with Crippen LogP contribution in [0.3, 0.4) is 0 Å². The molecule has 0 heterocycles. The number of nitrogen functional groups attached to an aromatic ring is 1. The minimum absolute atomic E-state index is 0.526. The number of hydrogen-bond donors (Lipinski definition) is 1. The fourth-order valence-corrected chi connectivity index (χ4v) is 1.34. The Labute approximate surface area is 103 Å². The zero-order valence-corrected chi connectivity index (χ0v) is 10.7. The highest BCUT2D eigenvalue weighted by Gasteiger charge is 2.01. The van der Waals surface area contributed by atoms with Crippen LogP contribution in [-0.4, -0.2) is 26.9 Å². The van der Waals surface area contributed by atoms with Crippen molar-refractivity contribution in [2.45, 2.75) is 13.8 Å². The van der Waals surface area contributed by atoms with Crippen molar-refractivity contribution in [3.8, 4) is 11.5 Å². The summed E-state index contributed by atoms with van der Waals surface area (Å²) in [5.74, 6) is 1.94. The van der Waals surface area contributed by atoms with Gasteiger partial charge in [0.15, 0.2) is 0 Å². The van der Waals surface area contributed by atoms with Crippen molar-refractivity contribution >= 4 is 5.69 Å². The zero-order chi connectivity index (χ0) is 12.7. The Balaban J connectivity index is 2.30. The summed E-state index contributed by atoms with van der Waals surface area (Å²) in [6.07, 6.45) is 0. The van der Waals surface area contributed by atoms with E-state index in [1.165, 1.54) is 0 Å². The monoisotopic (exact) mass is 239 g/mol. The summed E-state index contributed by atoms with van der Waals surface area (Å²) in [5.41, 5.74) is 6.34. The number of nitrogens with two attached hydrogens (primary N) is 1. The Hall–Kier alpha value is -1.42. The van der Waals surface area contributed by atoms with Gasteiger partial charge < -0.3 is 19.9 Å². The average Bonchev–Trinajstić information content (AvgIpc) is 2.28. The van der Waals surface area contributed by atoms with Crippen molar-refractivity contribution in [1.82, 2.24) is 0 Å². The van der Waals surface area contributed by atoms with Gasteiger partial charge in [-0.1, -0.05) is 13.8 Å². The van der Waals surface area contributed by atoms with Crippen molar-refractivity contribution < 1.29 is 14.2 Å². The van der Waals surface area contributed by atoms with Crippen LogP contribution in [0.15, 0.2) is 18.2 Å². The van der Waals surface area contributed by atoms with E-state index < -0.39 is 0 Å². The summed E-state index contributed by atoms with van der Waals surface area (Å²) < 4.78 is 16.0. The van der Waals surface area contributed by atoms with Crippen molar-refractivity contribution in [3.63, 3.8) is 0 Å². The molecule has 0 aliphatic heterocycles. The van der Waals surface area contributed by atoms with E-state index in [0.717, 1.165) is 12.4 Å². The van der Waals surface area contributed by atoms with E-state index in [-0.39, 0.29) is 0 Å². The maximum absolute atomic E-state index is 5.77. The smallest absolute Gasteiger partial charge is 0.142 e. The number of rotatable bonds is 7. The summed E-state index contributed by atoms with van der Waals surface area (Å²) in [7, 11) is 1.59. The second-order valence-electron chi connectivity index (χ2n) is 4.22. The number of anilines is 1. The third-order valence-corrected chi connectivity index (χ3v) is 2.15. The molecule has 0 amide bonds. The molecule has 0 spiro atoms. The van der Waals surface area contributed by atoms with Gasteiger partial charge in [-0.3, -0.25) is 0 Å². The molecule has 0 radical (unpaired) electrons. The van der Waals surface area contributed by atoms with E-state index >= 15 is 0 Å². The maximum atomic E-state index is 5.77. The number of ether oxygens (including phenoxy) is 3. The largest absolute Gasteiger partial charge is 0.495 e. The van der Waals surface area contributed by atoms with Gasteiger partial charge >= 0.3 is 0 Å². The van der Waals surface area contributed by atoms with Gasteiger partial charge in [0.1, 0.15) is 18.1 Å². The Bertz CT molecular complexity index is 339. The van der Waals surface area contributed by atoms with Gasteiger partial charge in [-0.15, -0.1) is 0 Å². The Morgan fingerprint density at radius 3 is 2.59 bits per heavy atom. The van der Waals surface area contributed by atoms with Gasteiger partial charge in [0, 0.05) is 12.7 Å². The molecule has 0 aliphatic rings. The van der Waals surface area contributed by atoms with E-state index in [9.17, 15) is 0 Å². The van der Waals surface area contributed by atoms with E-state index in [4.69, 9.17) is 19.9 Å². The third-order valence-electron chi connectivity index (χ3n) is 2.15. The van der Waals surface area contributed by atoms with E-state index in [1.807, 2.05) is 6.07 Å². The molecule has 96 valence electrons. The molecule has 0 saturated heterocycles. The van der Waals surface area contributed by atoms with Crippen LogP contribution >= 0.6 is 0 Å². The van der Waals surface area contributed by atoms with Gasteiger partial charge in [0.05, 0.1) is 19.4 Å². The molecule has 0 unspecified atom stereocenters. The normalized spacial score (nSPS) is 10.6. The van der Waals surface area contributed by atoms with Gasteiger partial charge in [-0.2, -0.15) is 0 Å². The molecule has 0 saturated carbocycles. The standard InChI is InChI=1S/C13H21NO3/c1-10(2)9-16-6-7-17-11-4-5-13(15-3)12(14)8-11/h4-5,8,10H,6-7,9,14H2,1-3H3. The molecule has 0 aromatic heterocycles. The van der Waals surface area contributed by atoms with Crippen molar-refractivity contribution in [2.24, 2.45) is 5.92 Å². The predicted molar refractivity (Wildman–Crippen MR) is 68.6 cm³/mol. The van der Waals surface area contributed by atoms with Crippen molar-refractivity contribution in [3.05, 3.63) is 18.2 Å². The van der Waals surface area contributed by atoms with Crippen molar-refractivity contribution in [2.75, 3.05) is 32.7 Å². The first-order valence-electron chi connectivity index (χ1n) is 5.77. The van der Waals surface area contributed by atoms with Crippen LogP contribution in [0, 0.1) is 5.92 Å². The van der Waals surface area contributed by atoms with Crippen LogP contribution in [0.2, 0.25) is 0 Å². The lowest BCUT2D eigenvalue weighted by Gasteiger charge is -2.10. The summed E-state index contributed by atoms with van der Waals surface area (Å²) in [6, 6.07) is 5.37. The van der Waals surface area contributed by atoms with Gasteiger partial charge in [-0.05, 0) is 18.1 Å². The predicted octanol–water partition coefficient (Wildman–Crippen LogP) is 2.33. The number of hydrogen-bond acceptors (Lipinski definition) is 4. The molecule has 4 heteroatoms. The highest BCUT2D eigenvalue weighted by molar-refractivity contribution is 5.56. The highest BCUT2D eigenvalue weighted by atomic mass is 16.5. The Morgan fingerprint density at radius 1 is 1.24 bits per heavy atom. The molecule has 1 aromatic carbocycles. The minimum atomic E-state index is 0.526. The molecule has 1 rings (SSSR count). The first-order chi connectivity index (χ1) is 8.13. The molecule has 0 bridgehead atoms. The quantitative estimate of drug-likeness (QED) is 0.586. The minimum Gasteiger partial charge on any atom is -0.495 e. The third kappa shape index (κ3) is 4.95. The van der Waals surface area contributed by atoms with Crippen LogP contribution in [0.5, 0.6) is 11.5 Å². The second kappa shape index (κ2) is 7.01. The average molecular weight is 239 g/mol. The maximum Gasteiger partial charge on any atom is 0.142 e. The second-order valence-corrected chi connectivity index (χ2v) is 4.22. The van der Waals surface area contributed by atoms with Crippen molar-refractivity contribution in [1.29, 1.82) is 0 Å². The first kappa shape index (κ1) is 13.6. The fourth-order valence-electron chi connectivity index (χ4n) is 1.34. The molecule has 0 fully saturated rings. The lowest BCUT2D eigenvalue weighted by atomic mass is 10.2. The van der Waals surface area contributed by atoms with E-state index in [1.54, 1.807) is 19.2 Å². The first-order valence-corrected chi connectivity index (χ1v) is 5.77. The molecular weight excluding hydrogens is 218 g/mol. The Morgan fingerprint density at radius 2 is 2.00 bits per heavy atom. The fraction of sp³-hybridized carbons (Fsp3) is 0.538. The SMILES string of the molecule is COc1ccc(OCCOCC(C)C)cc1N. The zero-order valence-electron chi connectivity index (χ0n) is 10.7. The van der Waals surface area contributed by atoms with Gasteiger partial charge in [0.2, 0.25) is 0 Å². The summed E-state index contributed by atoms with van der Waals surface area (Å²) in [6.45, 7) is 6.10. The molecule has 17 heavy (non-hydrogen) atoms. The topological polar surface area (TPSA) is 53.7 Å². The molecule has 2 N–H and O–H groups in total. The van der Waals surface area contributed by atoms with Crippen LogP contribution in [0.25, 0.3) is 0 Å². The van der Waals surface area contributed by atoms with E-state index in [2.05, 4.69) is 13.8 Å². The molecular formula is C13H21NO3. The number of benzene rings is 1. The van der Waals surface area contributed by atoms with E-state index in [0.29, 0.717) is 30.6 Å². The molecule has 4 nitrogen and oxygen atoms in total. The molecule has 1 aromatic rings. The summed E-state index contributed by atoms with van der Waals surface area (Å²) in [4.78, 5) is 0. The highest BCUT2D eigenvalue weighted by Crippen LogP contribution is 2.25. The Kier molecular flexibility index (Phi) is 5.63. The lowest BCUT2D eigenvalue weighted by Crippen LogP contribution is -2.10. The summed E-state index contributed by atoms with van der Waals surface area (Å²) in [5, 5.41) is 0. The van der Waals surface area contributed by atoms with Gasteiger partial charge in [0.25, 0.3) is 0 Å². The van der Waals surface area contributed by atoms with Crippen LogP contribution < -0.4 is 15.2 Å². The van der Waals surface area contributed by atoms with Crippen LogP contribution in [-0.2, 0) is 4.74 Å². The number of methoxy groups -OCH3 is 1. The van der Waals surface area contributed by atoms with Crippen LogP contribution in [0.4, 0.5) is 5.69 Å². The lowest BCUT2D eigenvalue weighted by molar-refractivity contribution is 0.0819. The molecule has 0 atom stereocenters. The van der Waals surface area contributed by atoms with Crippen LogP contribution in [0.1, 0.15) is 13.8 Å².